The van der Waals surface area contributed by atoms with Crippen LogP contribution in [0.1, 0.15) is 21.3 Å². The summed E-state index contributed by atoms with van der Waals surface area (Å²) < 4.78 is 5.05. The molecular formula is C14H12ClNO4S. The van der Waals surface area contributed by atoms with Gasteiger partial charge in [0, 0.05) is 10.6 Å². The molecule has 1 atom stereocenters. The van der Waals surface area contributed by atoms with E-state index in [1.54, 1.807) is 35.7 Å². The summed E-state index contributed by atoms with van der Waals surface area (Å²) in [7, 11) is 1.45. The van der Waals surface area contributed by atoms with Crippen molar-refractivity contribution in [3.05, 3.63) is 51.2 Å². The maximum atomic E-state index is 12.2. The molecule has 0 saturated carbocycles. The minimum Gasteiger partial charge on any atom is -0.495 e. The number of amides is 1. The van der Waals surface area contributed by atoms with Gasteiger partial charge in [-0.3, -0.25) is 4.79 Å². The van der Waals surface area contributed by atoms with E-state index in [9.17, 15) is 14.7 Å². The molecule has 1 aromatic carbocycles. The van der Waals surface area contributed by atoms with Crippen LogP contribution in [-0.4, -0.2) is 24.1 Å². The number of carbonyl (C=O) groups is 2. The second-order valence-corrected chi connectivity index (χ2v) is 5.41. The maximum Gasteiger partial charge on any atom is 0.330 e. The van der Waals surface area contributed by atoms with Gasteiger partial charge in [0.05, 0.1) is 7.11 Å². The summed E-state index contributed by atoms with van der Waals surface area (Å²) in [5.74, 6) is -1.30. The molecule has 7 heteroatoms. The number of carbonyl (C=O) groups excluding carboxylic acids is 1. The smallest absolute Gasteiger partial charge is 0.330 e. The zero-order chi connectivity index (χ0) is 15.4. The van der Waals surface area contributed by atoms with Gasteiger partial charge in [-0.1, -0.05) is 29.8 Å². The molecule has 5 nitrogen and oxygen atoms in total. The van der Waals surface area contributed by atoms with Gasteiger partial charge in [-0.2, -0.15) is 0 Å². The molecule has 0 aliphatic heterocycles. The number of rotatable bonds is 5. The molecule has 1 heterocycles. The fraction of sp³-hybridized carbons (Fsp3) is 0.143. The zero-order valence-electron chi connectivity index (χ0n) is 11.0. The molecule has 2 aromatic rings. The van der Waals surface area contributed by atoms with Crippen molar-refractivity contribution in [3.63, 3.8) is 0 Å². The van der Waals surface area contributed by atoms with Gasteiger partial charge in [0.15, 0.2) is 6.04 Å². The van der Waals surface area contributed by atoms with Crippen molar-refractivity contribution in [2.75, 3.05) is 7.11 Å². The lowest BCUT2D eigenvalue weighted by atomic mass is 10.1. The second-order valence-electron chi connectivity index (χ2n) is 4.08. The molecule has 0 aliphatic carbocycles. The molecule has 0 bridgehead atoms. The van der Waals surface area contributed by atoms with Crippen LogP contribution < -0.4 is 10.1 Å². The van der Waals surface area contributed by atoms with Crippen molar-refractivity contribution < 1.29 is 19.4 Å². The van der Waals surface area contributed by atoms with Gasteiger partial charge in [0.1, 0.15) is 10.6 Å². The Morgan fingerprint density at radius 1 is 1.33 bits per heavy atom. The summed E-state index contributed by atoms with van der Waals surface area (Å²) in [5.41, 5.74) is 0.329. The number of hydrogen-bond donors (Lipinski definition) is 2. The van der Waals surface area contributed by atoms with Crippen LogP contribution in [0.4, 0.5) is 0 Å². The Labute approximate surface area is 130 Å². The van der Waals surface area contributed by atoms with Gasteiger partial charge in [-0.05, 0) is 17.5 Å². The van der Waals surface area contributed by atoms with Crippen molar-refractivity contribution in [2.24, 2.45) is 0 Å². The van der Waals surface area contributed by atoms with Crippen LogP contribution in [0.25, 0.3) is 0 Å². The third-order valence-electron chi connectivity index (χ3n) is 2.79. The van der Waals surface area contributed by atoms with Crippen LogP contribution >= 0.6 is 22.9 Å². The molecule has 0 radical (unpaired) electrons. The third-order valence-corrected chi connectivity index (χ3v) is 4.03. The highest BCUT2D eigenvalue weighted by atomic mass is 35.5. The number of benzene rings is 1. The third kappa shape index (κ3) is 3.34. The highest BCUT2D eigenvalue weighted by molar-refractivity contribution is 7.12. The number of carboxylic acids is 1. The van der Waals surface area contributed by atoms with Crippen molar-refractivity contribution in [3.8, 4) is 5.75 Å². The lowest BCUT2D eigenvalue weighted by Gasteiger charge is -2.16. The summed E-state index contributed by atoms with van der Waals surface area (Å²) in [5, 5.41) is 13.8. The molecule has 2 rings (SSSR count). The first-order valence-electron chi connectivity index (χ1n) is 5.94. The Kier molecular flexibility index (Phi) is 4.82. The quantitative estimate of drug-likeness (QED) is 0.886. The molecule has 0 saturated heterocycles. The van der Waals surface area contributed by atoms with E-state index in [1.165, 1.54) is 18.4 Å². The van der Waals surface area contributed by atoms with E-state index in [0.717, 1.165) is 0 Å². The van der Waals surface area contributed by atoms with Crippen LogP contribution in [0, 0.1) is 0 Å². The minimum atomic E-state index is -1.22. The molecule has 0 fully saturated rings. The fourth-order valence-corrected chi connectivity index (χ4v) is 2.81. The van der Waals surface area contributed by atoms with Gasteiger partial charge >= 0.3 is 5.97 Å². The lowest BCUT2D eigenvalue weighted by Crippen LogP contribution is -2.33. The van der Waals surface area contributed by atoms with Gasteiger partial charge < -0.3 is 15.2 Å². The van der Waals surface area contributed by atoms with Crippen LogP contribution in [0.3, 0.4) is 0 Å². The first kappa shape index (κ1) is 15.3. The van der Waals surface area contributed by atoms with E-state index in [4.69, 9.17) is 16.3 Å². The maximum absolute atomic E-state index is 12.2. The Hall–Kier alpha value is -2.05. The van der Waals surface area contributed by atoms with E-state index in [-0.39, 0.29) is 5.02 Å². The largest absolute Gasteiger partial charge is 0.495 e. The lowest BCUT2D eigenvalue weighted by molar-refractivity contribution is -0.139. The van der Waals surface area contributed by atoms with Gasteiger partial charge in [0.2, 0.25) is 0 Å². The Morgan fingerprint density at radius 2 is 2.05 bits per heavy atom. The number of aliphatic carboxylic acids is 1. The second kappa shape index (κ2) is 6.60. The van der Waals surface area contributed by atoms with Crippen molar-refractivity contribution >= 4 is 34.8 Å². The Bertz CT molecular complexity index is 670. The molecule has 0 spiro atoms. The molecule has 0 aliphatic rings. The highest BCUT2D eigenvalue weighted by Gasteiger charge is 2.26. The number of hydrogen-bond acceptors (Lipinski definition) is 4. The highest BCUT2D eigenvalue weighted by Crippen LogP contribution is 2.27. The van der Waals surface area contributed by atoms with E-state index in [2.05, 4.69) is 5.32 Å². The topological polar surface area (TPSA) is 75.6 Å². The van der Waals surface area contributed by atoms with E-state index < -0.39 is 17.9 Å². The summed E-state index contributed by atoms with van der Waals surface area (Å²) in [6.07, 6.45) is 0. The van der Waals surface area contributed by atoms with Crippen molar-refractivity contribution in [1.29, 1.82) is 0 Å². The Morgan fingerprint density at radius 3 is 2.67 bits per heavy atom. The summed E-state index contributed by atoms with van der Waals surface area (Å²) in [6.45, 7) is 0. The molecular weight excluding hydrogens is 314 g/mol. The van der Waals surface area contributed by atoms with Crippen LogP contribution in [0.2, 0.25) is 5.02 Å². The van der Waals surface area contributed by atoms with Crippen LogP contribution in [0.5, 0.6) is 5.75 Å². The number of carboxylic acid groups (broad SMARTS) is 1. The standard InChI is InChI=1S/C14H12ClNO4S/c1-20-10-6-7-21-12(10)13(17)16-11(14(18)19)8-4-2-3-5-9(8)15/h2-7,11H,1H3,(H,16,17)(H,18,19)/t11-/m1/s1. The summed E-state index contributed by atoms with van der Waals surface area (Å²) in [4.78, 5) is 23.9. The number of methoxy groups -OCH3 is 1. The zero-order valence-corrected chi connectivity index (χ0v) is 12.6. The van der Waals surface area contributed by atoms with Crippen molar-refractivity contribution in [1.82, 2.24) is 5.32 Å². The summed E-state index contributed by atoms with van der Waals surface area (Å²) >= 11 is 7.17. The van der Waals surface area contributed by atoms with Gasteiger partial charge in [-0.15, -0.1) is 11.3 Å². The molecule has 1 aromatic heterocycles. The van der Waals surface area contributed by atoms with Crippen LogP contribution in [0.15, 0.2) is 35.7 Å². The molecule has 110 valence electrons. The van der Waals surface area contributed by atoms with Crippen LogP contribution in [-0.2, 0) is 4.79 Å². The van der Waals surface area contributed by atoms with Gasteiger partial charge in [0.25, 0.3) is 5.91 Å². The van der Waals surface area contributed by atoms with E-state index >= 15 is 0 Å². The number of nitrogens with one attached hydrogen (secondary N) is 1. The van der Waals surface area contributed by atoms with Crippen molar-refractivity contribution in [2.45, 2.75) is 6.04 Å². The predicted octanol–water partition coefficient (Wildman–Crippen LogP) is 2.97. The molecule has 21 heavy (non-hydrogen) atoms. The monoisotopic (exact) mass is 325 g/mol. The van der Waals surface area contributed by atoms with Gasteiger partial charge in [-0.25, -0.2) is 4.79 Å². The number of ether oxygens (including phenoxy) is 1. The predicted molar refractivity (Wildman–Crippen MR) is 80.2 cm³/mol. The minimum absolute atomic E-state index is 0.281. The number of halogens is 1. The first-order chi connectivity index (χ1) is 10.0. The average molecular weight is 326 g/mol. The van der Waals surface area contributed by atoms with E-state index in [1.807, 2.05) is 0 Å². The van der Waals surface area contributed by atoms with E-state index in [0.29, 0.717) is 16.2 Å². The summed E-state index contributed by atoms with van der Waals surface area (Å²) in [6, 6.07) is 6.91. The normalized spacial score (nSPS) is 11.7. The molecule has 2 N–H and O–H groups in total. The fourth-order valence-electron chi connectivity index (χ4n) is 1.80. The molecule has 1 amide bonds. The molecule has 0 unspecified atom stereocenters. The first-order valence-corrected chi connectivity index (χ1v) is 7.20. The average Bonchev–Trinajstić information content (AvgIpc) is 2.93. The Balaban J connectivity index is 2.28. The number of thiophene rings is 1. The SMILES string of the molecule is COc1ccsc1C(=O)N[C@@H](C(=O)O)c1ccccc1Cl.